The zero-order chi connectivity index (χ0) is 6.24. The van der Waals surface area contributed by atoms with Gasteiger partial charge in [-0.05, 0) is 0 Å². The van der Waals surface area contributed by atoms with E-state index in [1.807, 2.05) is 0 Å². The molecule has 8 heavy (non-hydrogen) atoms. The van der Waals surface area contributed by atoms with Crippen molar-refractivity contribution in [3.05, 3.63) is 0 Å². The molecule has 0 aromatic carbocycles. The lowest BCUT2D eigenvalue weighted by Crippen LogP contribution is -2.01. The van der Waals surface area contributed by atoms with Gasteiger partial charge in [0.2, 0.25) is 0 Å². The summed E-state index contributed by atoms with van der Waals surface area (Å²) in [5.41, 5.74) is 0. The minimum absolute atomic E-state index is 0.233. The highest BCUT2D eigenvalue weighted by Crippen LogP contribution is 1.72. The van der Waals surface area contributed by atoms with Gasteiger partial charge in [-0.25, -0.2) is 9.78 Å². The van der Waals surface area contributed by atoms with Gasteiger partial charge in [-0.15, -0.1) is 0 Å². The van der Waals surface area contributed by atoms with Gasteiger partial charge in [-0.2, -0.15) is 0 Å². The fraction of sp³-hybridized carbons (Fsp3) is 0.750. The molecule has 0 fully saturated rings. The lowest BCUT2D eigenvalue weighted by atomic mass is 10.8. The van der Waals surface area contributed by atoms with Crippen LogP contribution in [0.4, 0.5) is 0 Å². The molecule has 0 aromatic rings. The van der Waals surface area contributed by atoms with Crippen LogP contribution in [0, 0.1) is 0 Å². The van der Waals surface area contributed by atoms with Gasteiger partial charge in [0.15, 0.2) is 0 Å². The Morgan fingerprint density at radius 2 is 2.25 bits per heavy atom. The molecule has 0 heterocycles. The Morgan fingerprint density at radius 1 is 1.50 bits per heavy atom. The highest BCUT2D eigenvalue weighted by atomic mass is 17.2. The summed E-state index contributed by atoms with van der Waals surface area (Å²) in [6, 6.07) is 0. The van der Waals surface area contributed by atoms with Gasteiger partial charge in [0.25, 0.3) is 6.47 Å². The van der Waals surface area contributed by atoms with Crippen LogP contribution in [0.1, 0.15) is 0 Å². The molecule has 4 heteroatoms. The molecule has 0 spiro atoms. The summed E-state index contributed by atoms with van der Waals surface area (Å²) < 4.78 is 4.25. The van der Waals surface area contributed by atoms with Crippen molar-refractivity contribution >= 4 is 6.47 Å². The summed E-state index contributed by atoms with van der Waals surface area (Å²) in [6.07, 6.45) is 0. The van der Waals surface area contributed by atoms with Crippen LogP contribution in [0.15, 0.2) is 0 Å². The summed E-state index contributed by atoms with van der Waals surface area (Å²) in [6.45, 7) is 0.867. The first kappa shape index (κ1) is 7.39. The second kappa shape index (κ2) is 6.39. The van der Waals surface area contributed by atoms with E-state index >= 15 is 0 Å². The van der Waals surface area contributed by atoms with Crippen LogP contribution < -0.4 is 0 Å². The number of carbonyl (C=O) groups excluding carboxylic acids is 1. The average molecular weight is 120 g/mol. The van der Waals surface area contributed by atoms with Gasteiger partial charge < -0.3 is 4.74 Å². The molecule has 0 saturated carbocycles. The summed E-state index contributed by atoms with van der Waals surface area (Å²) in [7, 11) is 1.39. The van der Waals surface area contributed by atoms with Crippen molar-refractivity contribution in [2.75, 3.05) is 20.3 Å². The third kappa shape index (κ3) is 5.39. The van der Waals surface area contributed by atoms with Crippen LogP contribution >= 0.6 is 0 Å². The Kier molecular flexibility index (Phi) is 5.90. The number of hydrogen-bond donors (Lipinski definition) is 0. The summed E-state index contributed by atoms with van der Waals surface area (Å²) in [4.78, 5) is 18.0. The number of hydrogen-bond acceptors (Lipinski definition) is 4. The number of carbonyl (C=O) groups is 1. The topological polar surface area (TPSA) is 44.8 Å². The van der Waals surface area contributed by atoms with Gasteiger partial charge in [-0.1, -0.05) is 0 Å². The van der Waals surface area contributed by atoms with E-state index in [1.54, 1.807) is 0 Å². The molecule has 48 valence electrons. The molecule has 0 N–H and O–H groups in total. The molecule has 4 nitrogen and oxygen atoms in total. The van der Waals surface area contributed by atoms with E-state index in [-0.39, 0.29) is 13.2 Å². The molecule has 0 rings (SSSR count). The zero-order valence-electron chi connectivity index (χ0n) is 4.62. The smallest absolute Gasteiger partial charge is 0.293 e. The van der Waals surface area contributed by atoms with Crippen molar-refractivity contribution in [3.8, 4) is 0 Å². The number of ether oxygens (including phenoxy) is 1. The predicted octanol–water partition coefficient (Wildman–Crippen LogP) is -0.263. The van der Waals surface area contributed by atoms with E-state index in [4.69, 9.17) is 0 Å². The third-order valence-electron chi connectivity index (χ3n) is 0.470. The van der Waals surface area contributed by atoms with Gasteiger partial charge in [0.1, 0.15) is 13.2 Å². The Balaban J connectivity index is 2.62. The normalized spacial score (nSPS) is 8.62. The van der Waals surface area contributed by atoms with Crippen molar-refractivity contribution in [1.82, 2.24) is 0 Å². The Morgan fingerprint density at radius 3 is 2.75 bits per heavy atom. The lowest BCUT2D eigenvalue weighted by molar-refractivity contribution is -0.276. The van der Waals surface area contributed by atoms with Gasteiger partial charge in [0.05, 0.1) is 7.11 Å². The minimum atomic E-state index is 0.233. The van der Waals surface area contributed by atoms with Crippen molar-refractivity contribution in [1.29, 1.82) is 0 Å². The number of rotatable bonds is 5. The maximum absolute atomic E-state index is 9.45. The third-order valence-corrected chi connectivity index (χ3v) is 0.470. The summed E-state index contributed by atoms with van der Waals surface area (Å²) in [5.74, 6) is 0. The predicted molar refractivity (Wildman–Crippen MR) is 25.0 cm³/mol. The Hall–Kier alpha value is -0.610. The van der Waals surface area contributed by atoms with E-state index in [0.29, 0.717) is 6.47 Å². The van der Waals surface area contributed by atoms with Gasteiger partial charge >= 0.3 is 0 Å². The highest BCUT2D eigenvalue weighted by Gasteiger charge is 1.82. The fourth-order valence-electron chi connectivity index (χ4n) is 0.214. The van der Waals surface area contributed by atoms with E-state index in [1.165, 1.54) is 7.11 Å². The summed E-state index contributed by atoms with van der Waals surface area (Å²) >= 11 is 0. The largest absolute Gasteiger partial charge is 0.465 e. The maximum atomic E-state index is 9.45. The molecule has 0 amide bonds. The Labute approximate surface area is 47.3 Å². The molecule has 0 aliphatic rings. The first-order valence-corrected chi connectivity index (χ1v) is 2.12. The molecule has 0 radical (unpaired) electrons. The SMILES string of the molecule is COOCCOC=O. The first-order chi connectivity index (χ1) is 3.91. The second-order valence-corrected chi connectivity index (χ2v) is 0.956. The van der Waals surface area contributed by atoms with Crippen LogP contribution in [0.3, 0.4) is 0 Å². The molecular weight excluding hydrogens is 112 g/mol. The molecule has 0 bridgehead atoms. The quantitative estimate of drug-likeness (QED) is 0.217. The minimum Gasteiger partial charge on any atom is -0.465 e. The van der Waals surface area contributed by atoms with E-state index in [9.17, 15) is 4.79 Å². The van der Waals surface area contributed by atoms with E-state index in [0.717, 1.165) is 0 Å². The second-order valence-electron chi connectivity index (χ2n) is 0.956. The van der Waals surface area contributed by atoms with E-state index < -0.39 is 0 Å². The molecule has 0 unspecified atom stereocenters. The van der Waals surface area contributed by atoms with Crippen LogP contribution in [-0.4, -0.2) is 26.8 Å². The van der Waals surface area contributed by atoms with Crippen LogP contribution in [0.2, 0.25) is 0 Å². The molecule has 0 aromatic heterocycles. The van der Waals surface area contributed by atoms with Gasteiger partial charge in [0, 0.05) is 0 Å². The highest BCUT2D eigenvalue weighted by molar-refractivity contribution is 5.36. The summed E-state index contributed by atoms with van der Waals surface area (Å²) in [5, 5.41) is 0. The monoisotopic (exact) mass is 120 g/mol. The van der Waals surface area contributed by atoms with Crippen LogP contribution in [-0.2, 0) is 19.3 Å². The zero-order valence-corrected chi connectivity index (χ0v) is 4.62. The van der Waals surface area contributed by atoms with Crippen molar-refractivity contribution < 1.29 is 19.3 Å². The van der Waals surface area contributed by atoms with Crippen molar-refractivity contribution in [2.24, 2.45) is 0 Å². The average Bonchev–Trinajstić information content (AvgIpc) is 1.81. The first-order valence-electron chi connectivity index (χ1n) is 2.12. The standard InChI is InChI=1S/C4H8O4/c1-6-8-3-2-7-4-5/h4H,2-3H2,1H3. The van der Waals surface area contributed by atoms with Crippen molar-refractivity contribution in [3.63, 3.8) is 0 Å². The Bertz CT molecular complexity index is 54.0. The van der Waals surface area contributed by atoms with Crippen LogP contribution in [0.5, 0.6) is 0 Å². The maximum Gasteiger partial charge on any atom is 0.293 e. The van der Waals surface area contributed by atoms with Crippen molar-refractivity contribution in [2.45, 2.75) is 0 Å². The molecule has 0 atom stereocenters. The lowest BCUT2D eigenvalue weighted by Gasteiger charge is -1.95. The molecule has 0 aliphatic carbocycles. The van der Waals surface area contributed by atoms with E-state index in [2.05, 4.69) is 14.5 Å². The van der Waals surface area contributed by atoms with Gasteiger partial charge in [-0.3, -0.25) is 4.79 Å². The fourth-order valence-corrected chi connectivity index (χ4v) is 0.214. The molecule has 0 aliphatic heterocycles. The molecular formula is C4H8O4. The molecule has 0 saturated heterocycles. The van der Waals surface area contributed by atoms with Crippen LogP contribution in [0.25, 0.3) is 0 Å².